The highest BCUT2D eigenvalue weighted by Crippen LogP contribution is 2.30. The monoisotopic (exact) mass is 316 g/mol. The molecule has 0 radical (unpaired) electrons. The van der Waals surface area contributed by atoms with Crippen molar-refractivity contribution >= 4 is 12.1 Å². The summed E-state index contributed by atoms with van der Waals surface area (Å²) in [6, 6.07) is 0. The summed E-state index contributed by atoms with van der Waals surface area (Å²) >= 11 is 0. The van der Waals surface area contributed by atoms with Crippen LogP contribution in [0.5, 0.6) is 0 Å². The standard InChI is InChI=1S/C14H24N2O6/c1-13(2,3)22-12(19)15-9-5-8-14(10-15,16(20)21)7-4-6-11(17)18/h4-10H2,1-3H3,(H,17,18). The minimum Gasteiger partial charge on any atom is -0.481 e. The van der Waals surface area contributed by atoms with Gasteiger partial charge in [-0.05, 0) is 33.6 Å². The summed E-state index contributed by atoms with van der Waals surface area (Å²) in [5.74, 6) is -0.974. The molecule has 0 spiro atoms. The minimum atomic E-state index is -1.27. The Balaban J connectivity index is 2.76. The number of ether oxygens (including phenoxy) is 1. The van der Waals surface area contributed by atoms with E-state index in [1.54, 1.807) is 20.8 Å². The van der Waals surface area contributed by atoms with Crippen molar-refractivity contribution in [2.45, 2.75) is 64.0 Å². The maximum Gasteiger partial charge on any atom is 0.410 e. The van der Waals surface area contributed by atoms with Crippen LogP contribution in [-0.4, -0.2) is 51.2 Å². The second-order valence-corrected chi connectivity index (χ2v) is 6.73. The highest BCUT2D eigenvalue weighted by atomic mass is 16.6. The molecular weight excluding hydrogens is 292 g/mol. The molecule has 0 aromatic carbocycles. The predicted molar refractivity (Wildman–Crippen MR) is 78.3 cm³/mol. The smallest absolute Gasteiger partial charge is 0.410 e. The van der Waals surface area contributed by atoms with E-state index in [-0.39, 0.29) is 30.7 Å². The number of piperidine rings is 1. The Hall–Kier alpha value is -1.86. The fourth-order valence-electron chi connectivity index (χ4n) is 2.61. The Kier molecular flexibility index (Phi) is 5.73. The lowest BCUT2D eigenvalue weighted by Crippen LogP contribution is -2.55. The fourth-order valence-corrected chi connectivity index (χ4v) is 2.61. The van der Waals surface area contributed by atoms with Crippen molar-refractivity contribution in [3.8, 4) is 0 Å². The van der Waals surface area contributed by atoms with Crippen LogP contribution in [0.25, 0.3) is 0 Å². The minimum absolute atomic E-state index is 0.0332. The van der Waals surface area contributed by atoms with Crippen molar-refractivity contribution in [3.05, 3.63) is 10.1 Å². The second kappa shape index (κ2) is 6.93. The summed E-state index contributed by atoms with van der Waals surface area (Å²) < 4.78 is 5.26. The van der Waals surface area contributed by atoms with Gasteiger partial charge in [0, 0.05) is 30.7 Å². The maximum atomic E-state index is 12.1. The lowest BCUT2D eigenvalue weighted by molar-refractivity contribution is -0.575. The Bertz CT molecular complexity index is 445. The molecule has 22 heavy (non-hydrogen) atoms. The number of carbonyl (C=O) groups excluding carboxylic acids is 1. The average Bonchev–Trinajstić information content (AvgIpc) is 2.36. The first-order valence-corrected chi connectivity index (χ1v) is 7.40. The fraction of sp³-hybridized carbons (Fsp3) is 0.857. The van der Waals surface area contributed by atoms with Gasteiger partial charge in [0.25, 0.3) is 0 Å². The molecule has 1 amide bonds. The molecule has 1 N–H and O–H groups in total. The van der Waals surface area contributed by atoms with Gasteiger partial charge < -0.3 is 14.7 Å². The molecule has 0 aromatic rings. The normalized spacial score (nSPS) is 22.2. The van der Waals surface area contributed by atoms with Gasteiger partial charge in [-0.15, -0.1) is 0 Å². The van der Waals surface area contributed by atoms with Crippen molar-refractivity contribution < 1.29 is 24.4 Å². The van der Waals surface area contributed by atoms with Crippen LogP contribution in [0.15, 0.2) is 0 Å². The lowest BCUT2D eigenvalue weighted by atomic mass is 9.85. The topological polar surface area (TPSA) is 110 Å². The van der Waals surface area contributed by atoms with Crippen molar-refractivity contribution in [2.75, 3.05) is 13.1 Å². The molecule has 1 atom stereocenters. The number of amides is 1. The van der Waals surface area contributed by atoms with Crippen LogP contribution in [0.2, 0.25) is 0 Å². The van der Waals surface area contributed by atoms with E-state index >= 15 is 0 Å². The summed E-state index contributed by atoms with van der Waals surface area (Å²) in [6.45, 7) is 5.60. The van der Waals surface area contributed by atoms with E-state index < -0.39 is 23.2 Å². The van der Waals surface area contributed by atoms with Gasteiger partial charge >= 0.3 is 12.1 Å². The molecule has 8 heteroatoms. The quantitative estimate of drug-likeness (QED) is 0.615. The van der Waals surface area contributed by atoms with Crippen LogP contribution in [0.1, 0.15) is 52.9 Å². The number of carbonyl (C=O) groups is 2. The predicted octanol–water partition coefficient (Wildman–Crippen LogP) is 2.29. The van der Waals surface area contributed by atoms with Gasteiger partial charge in [0.1, 0.15) is 5.60 Å². The number of nitro groups is 1. The summed E-state index contributed by atoms with van der Waals surface area (Å²) in [7, 11) is 0. The zero-order valence-corrected chi connectivity index (χ0v) is 13.3. The van der Waals surface area contributed by atoms with E-state index in [1.165, 1.54) is 4.90 Å². The van der Waals surface area contributed by atoms with E-state index in [1.807, 2.05) is 0 Å². The van der Waals surface area contributed by atoms with Gasteiger partial charge in [-0.25, -0.2) is 4.79 Å². The first-order valence-electron chi connectivity index (χ1n) is 7.40. The van der Waals surface area contributed by atoms with Gasteiger partial charge in [0.15, 0.2) is 0 Å². The molecule has 8 nitrogen and oxygen atoms in total. The van der Waals surface area contributed by atoms with Crippen molar-refractivity contribution in [1.29, 1.82) is 0 Å². The van der Waals surface area contributed by atoms with E-state index in [4.69, 9.17) is 9.84 Å². The van der Waals surface area contributed by atoms with Crippen LogP contribution < -0.4 is 0 Å². The maximum absolute atomic E-state index is 12.1. The molecule has 126 valence electrons. The van der Waals surface area contributed by atoms with Gasteiger partial charge in [0.2, 0.25) is 5.54 Å². The van der Waals surface area contributed by atoms with Crippen LogP contribution in [0, 0.1) is 10.1 Å². The van der Waals surface area contributed by atoms with Gasteiger partial charge in [-0.2, -0.15) is 0 Å². The third kappa shape index (κ3) is 5.16. The first kappa shape index (κ1) is 18.2. The van der Waals surface area contributed by atoms with Gasteiger partial charge in [-0.3, -0.25) is 14.9 Å². The number of carboxylic acid groups (broad SMARTS) is 1. The number of rotatable bonds is 5. The molecule has 0 saturated carbocycles. The molecule has 1 rings (SSSR count). The van der Waals surface area contributed by atoms with Gasteiger partial charge in [0.05, 0.1) is 6.54 Å². The van der Waals surface area contributed by atoms with Crippen LogP contribution in [0.4, 0.5) is 4.79 Å². The Morgan fingerprint density at radius 1 is 1.41 bits per heavy atom. The molecule has 1 fully saturated rings. The highest BCUT2D eigenvalue weighted by molar-refractivity contribution is 5.68. The van der Waals surface area contributed by atoms with E-state index in [0.717, 1.165) is 0 Å². The van der Waals surface area contributed by atoms with Crippen LogP contribution in [0.3, 0.4) is 0 Å². The lowest BCUT2D eigenvalue weighted by Gasteiger charge is -2.37. The molecule has 0 bridgehead atoms. The van der Waals surface area contributed by atoms with Crippen molar-refractivity contribution in [1.82, 2.24) is 4.90 Å². The molecule has 1 unspecified atom stereocenters. The van der Waals surface area contributed by atoms with E-state index in [0.29, 0.717) is 19.4 Å². The SMILES string of the molecule is CC(C)(C)OC(=O)N1CCCC(CCCC(=O)O)([N+](=O)[O-])C1. The largest absolute Gasteiger partial charge is 0.481 e. The molecular formula is C14H24N2O6. The zero-order chi connectivity index (χ0) is 17.0. The van der Waals surface area contributed by atoms with Crippen LogP contribution >= 0.6 is 0 Å². The summed E-state index contributed by atoms with van der Waals surface area (Å²) in [5, 5.41) is 20.2. The number of nitrogens with zero attached hydrogens (tertiary/aromatic N) is 2. The molecule has 1 aliphatic heterocycles. The molecule has 0 aliphatic carbocycles. The molecule has 0 aromatic heterocycles. The molecule has 1 heterocycles. The number of carboxylic acids is 1. The third-order valence-corrected chi connectivity index (χ3v) is 3.63. The molecule has 1 aliphatic rings. The Labute approximate surface area is 129 Å². The Morgan fingerprint density at radius 2 is 2.05 bits per heavy atom. The van der Waals surface area contributed by atoms with Crippen molar-refractivity contribution in [2.24, 2.45) is 0 Å². The summed E-state index contributed by atoms with van der Waals surface area (Å²) in [6.07, 6.45) is 0.551. The summed E-state index contributed by atoms with van der Waals surface area (Å²) in [5.41, 5.74) is -1.93. The Morgan fingerprint density at radius 3 is 2.55 bits per heavy atom. The number of aliphatic carboxylic acids is 1. The van der Waals surface area contributed by atoms with Gasteiger partial charge in [-0.1, -0.05) is 0 Å². The zero-order valence-electron chi connectivity index (χ0n) is 13.3. The van der Waals surface area contributed by atoms with E-state index in [9.17, 15) is 19.7 Å². The molecule has 1 saturated heterocycles. The highest BCUT2D eigenvalue weighted by Gasteiger charge is 2.47. The number of hydrogen-bond acceptors (Lipinski definition) is 5. The summed E-state index contributed by atoms with van der Waals surface area (Å²) in [4.78, 5) is 35.2. The average molecular weight is 316 g/mol. The first-order chi connectivity index (χ1) is 10.1. The van der Waals surface area contributed by atoms with E-state index in [2.05, 4.69) is 0 Å². The third-order valence-electron chi connectivity index (χ3n) is 3.63. The van der Waals surface area contributed by atoms with Crippen LogP contribution in [-0.2, 0) is 9.53 Å². The number of hydrogen-bond donors (Lipinski definition) is 1. The van der Waals surface area contributed by atoms with Crippen molar-refractivity contribution in [3.63, 3.8) is 0 Å². The number of likely N-dealkylation sites (tertiary alicyclic amines) is 1. The second-order valence-electron chi connectivity index (χ2n) is 6.73.